The minimum absolute atomic E-state index is 0.204. The van der Waals surface area contributed by atoms with E-state index in [0.29, 0.717) is 12.5 Å². The van der Waals surface area contributed by atoms with Gasteiger partial charge >= 0.3 is 0 Å². The third-order valence-electron chi connectivity index (χ3n) is 4.71. The first-order valence-corrected chi connectivity index (χ1v) is 8.54. The molecule has 1 aliphatic heterocycles. The van der Waals surface area contributed by atoms with Gasteiger partial charge in [-0.05, 0) is 50.3 Å². The molecule has 1 fully saturated rings. The number of rotatable bonds is 5. The molecule has 3 heteroatoms. The van der Waals surface area contributed by atoms with E-state index in [4.69, 9.17) is 0 Å². The predicted molar refractivity (Wildman–Crippen MR) is 91.8 cm³/mol. The summed E-state index contributed by atoms with van der Waals surface area (Å²) in [6, 6.07) is 8.92. The second-order valence-electron chi connectivity index (χ2n) is 7.13. The highest BCUT2D eigenvalue weighted by molar-refractivity contribution is 5.82. The van der Waals surface area contributed by atoms with Gasteiger partial charge in [0, 0.05) is 19.6 Å². The van der Waals surface area contributed by atoms with Gasteiger partial charge in [0.15, 0.2) is 0 Å². The van der Waals surface area contributed by atoms with Crippen molar-refractivity contribution in [1.29, 1.82) is 0 Å². The SMILES string of the molecule is CCNC(=O)C1(C)CCCN(Cc2ccc(C(C)C)cc2)C1. The topological polar surface area (TPSA) is 32.3 Å². The average Bonchev–Trinajstić information content (AvgIpc) is 2.48. The Hall–Kier alpha value is -1.35. The fourth-order valence-electron chi connectivity index (χ4n) is 3.30. The van der Waals surface area contributed by atoms with Crippen LogP contribution in [0, 0.1) is 5.41 Å². The third-order valence-corrected chi connectivity index (χ3v) is 4.71. The van der Waals surface area contributed by atoms with Crippen molar-refractivity contribution in [3.8, 4) is 0 Å². The molecule has 22 heavy (non-hydrogen) atoms. The van der Waals surface area contributed by atoms with E-state index in [-0.39, 0.29) is 11.3 Å². The van der Waals surface area contributed by atoms with Crippen molar-refractivity contribution in [3.63, 3.8) is 0 Å². The fourth-order valence-corrected chi connectivity index (χ4v) is 3.30. The van der Waals surface area contributed by atoms with Gasteiger partial charge in [0.05, 0.1) is 5.41 Å². The number of carbonyl (C=O) groups excluding carboxylic acids is 1. The summed E-state index contributed by atoms with van der Waals surface area (Å²) in [6.45, 7) is 12.1. The molecule has 1 atom stereocenters. The summed E-state index contributed by atoms with van der Waals surface area (Å²) in [4.78, 5) is 14.7. The van der Waals surface area contributed by atoms with E-state index in [1.807, 2.05) is 6.92 Å². The number of nitrogens with zero attached hydrogens (tertiary/aromatic N) is 1. The van der Waals surface area contributed by atoms with Crippen LogP contribution >= 0.6 is 0 Å². The summed E-state index contributed by atoms with van der Waals surface area (Å²) in [6.07, 6.45) is 2.08. The molecule has 1 unspecified atom stereocenters. The van der Waals surface area contributed by atoms with E-state index >= 15 is 0 Å². The van der Waals surface area contributed by atoms with E-state index < -0.39 is 0 Å². The lowest BCUT2D eigenvalue weighted by atomic mass is 9.81. The van der Waals surface area contributed by atoms with Crippen LogP contribution in [0.3, 0.4) is 0 Å². The summed E-state index contributed by atoms with van der Waals surface area (Å²) in [5.74, 6) is 0.778. The van der Waals surface area contributed by atoms with Gasteiger partial charge in [-0.25, -0.2) is 0 Å². The lowest BCUT2D eigenvalue weighted by molar-refractivity contribution is -0.133. The predicted octanol–water partition coefficient (Wildman–Crippen LogP) is 3.55. The van der Waals surface area contributed by atoms with E-state index in [0.717, 1.165) is 32.5 Å². The summed E-state index contributed by atoms with van der Waals surface area (Å²) in [5.41, 5.74) is 2.48. The highest BCUT2D eigenvalue weighted by atomic mass is 16.2. The molecule has 1 aromatic carbocycles. The Balaban J connectivity index is 1.99. The van der Waals surface area contributed by atoms with Crippen LogP contribution in [0.5, 0.6) is 0 Å². The van der Waals surface area contributed by atoms with Crippen molar-refractivity contribution in [2.45, 2.75) is 53.0 Å². The molecule has 0 saturated carbocycles. The van der Waals surface area contributed by atoms with Crippen LogP contribution < -0.4 is 5.32 Å². The molecule has 1 amide bonds. The van der Waals surface area contributed by atoms with Gasteiger partial charge in [-0.2, -0.15) is 0 Å². The Morgan fingerprint density at radius 1 is 1.32 bits per heavy atom. The van der Waals surface area contributed by atoms with Crippen molar-refractivity contribution in [1.82, 2.24) is 10.2 Å². The number of hydrogen-bond donors (Lipinski definition) is 1. The van der Waals surface area contributed by atoms with Gasteiger partial charge in [-0.15, -0.1) is 0 Å². The molecule has 1 N–H and O–H groups in total. The van der Waals surface area contributed by atoms with Gasteiger partial charge in [-0.1, -0.05) is 38.1 Å². The molecular formula is C19H30N2O. The monoisotopic (exact) mass is 302 g/mol. The number of hydrogen-bond acceptors (Lipinski definition) is 2. The van der Waals surface area contributed by atoms with E-state index in [2.05, 4.69) is 55.3 Å². The normalized spacial score (nSPS) is 22.8. The zero-order valence-electron chi connectivity index (χ0n) is 14.5. The molecule has 2 rings (SSSR count). The first-order valence-electron chi connectivity index (χ1n) is 8.54. The highest BCUT2D eigenvalue weighted by Gasteiger charge is 2.37. The Morgan fingerprint density at radius 3 is 2.59 bits per heavy atom. The standard InChI is InChI=1S/C19H30N2O/c1-5-20-18(22)19(4)11-6-12-21(14-19)13-16-7-9-17(10-8-16)15(2)3/h7-10,15H,5-6,11-14H2,1-4H3,(H,20,22). The molecule has 1 aliphatic rings. The first kappa shape index (κ1) is 17.0. The first-order chi connectivity index (χ1) is 10.4. The molecule has 0 bridgehead atoms. The smallest absolute Gasteiger partial charge is 0.227 e. The maximum Gasteiger partial charge on any atom is 0.227 e. The van der Waals surface area contributed by atoms with Crippen LogP contribution in [-0.4, -0.2) is 30.4 Å². The fraction of sp³-hybridized carbons (Fsp3) is 0.632. The average molecular weight is 302 g/mol. The summed E-state index contributed by atoms with van der Waals surface area (Å²) < 4.78 is 0. The minimum Gasteiger partial charge on any atom is -0.356 e. The van der Waals surface area contributed by atoms with Gasteiger partial charge in [0.25, 0.3) is 0 Å². The molecule has 1 aromatic rings. The molecule has 3 nitrogen and oxygen atoms in total. The number of benzene rings is 1. The molecule has 0 spiro atoms. The van der Waals surface area contributed by atoms with Crippen LogP contribution in [0.25, 0.3) is 0 Å². The van der Waals surface area contributed by atoms with Crippen molar-refractivity contribution in [2.75, 3.05) is 19.6 Å². The molecule has 0 aliphatic carbocycles. The van der Waals surface area contributed by atoms with Gasteiger partial charge < -0.3 is 5.32 Å². The largest absolute Gasteiger partial charge is 0.356 e. The van der Waals surface area contributed by atoms with Crippen LogP contribution in [0.15, 0.2) is 24.3 Å². The summed E-state index contributed by atoms with van der Waals surface area (Å²) in [7, 11) is 0. The van der Waals surface area contributed by atoms with Gasteiger partial charge in [-0.3, -0.25) is 9.69 Å². The van der Waals surface area contributed by atoms with Gasteiger partial charge in [0.1, 0.15) is 0 Å². The Bertz CT molecular complexity index is 495. The quantitative estimate of drug-likeness (QED) is 0.902. The van der Waals surface area contributed by atoms with E-state index in [1.54, 1.807) is 0 Å². The second kappa shape index (κ2) is 7.28. The number of nitrogens with one attached hydrogen (secondary N) is 1. The summed E-state index contributed by atoms with van der Waals surface area (Å²) >= 11 is 0. The van der Waals surface area contributed by atoms with Crippen molar-refractivity contribution >= 4 is 5.91 Å². The minimum atomic E-state index is -0.244. The zero-order chi connectivity index (χ0) is 16.2. The molecule has 1 heterocycles. The highest BCUT2D eigenvalue weighted by Crippen LogP contribution is 2.30. The maximum atomic E-state index is 12.3. The third kappa shape index (κ3) is 4.10. The summed E-state index contributed by atoms with van der Waals surface area (Å²) in [5, 5.41) is 2.99. The van der Waals surface area contributed by atoms with Crippen molar-refractivity contribution < 1.29 is 4.79 Å². The second-order valence-corrected chi connectivity index (χ2v) is 7.13. The number of piperidine rings is 1. The lowest BCUT2D eigenvalue weighted by Gasteiger charge is -2.39. The van der Waals surface area contributed by atoms with Crippen LogP contribution in [-0.2, 0) is 11.3 Å². The molecule has 0 radical (unpaired) electrons. The van der Waals surface area contributed by atoms with Crippen LogP contribution in [0.2, 0.25) is 0 Å². The van der Waals surface area contributed by atoms with E-state index in [1.165, 1.54) is 11.1 Å². The Labute approximate surface area is 135 Å². The zero-order valence-corrected chi connectivity index (χ0v) is 14.5. The maximum absolute atomic E-state index is 12.3. The number of likely N-dealkylation sites (tertiary alicyclic amines) is 1. The number of amides is 1. The number of carbonyl (C=O) groups is 1. The van der Waals surface area contributed by atoms with Crippen LogP contribution in [0.4, 0.5) is 0 Å². The molecule has 0 aromatic heterocycles. The van der Waals surface area contributed by atoms with Crippen molar-refractivity contribution in [3.05, 3.63) is 35.4 Å². The Kier molecular flexibility index (Phi) is 5.63. The van der Waals surface area contributed by atoms with Crippen molar-refractivity contribution in [2.24, 2.45) is 5.41 Å². The molecule has 122 valence electrons. The lowest BCUT2D eigenvalue weighted by Crippen LogP contribution is -2.50. The molecule has 1 saturated heterocycles. The van der Waals surface area contributed by atoms with Gasteiger partial charge in [0.2, 0.25) is 5.91 Å². The Morgan fingerprint density at radius 2 is 2.00 bits per heavy atom. The van der Waals surface area contributed by atoms with Crippen LogP contribution in [0.1, 0.15) is 57.6 Å². The molecular weight excluding hydrogens is 272 g/mol. The van der Waals surface area contributed by atoms with E-state index in [9.17, 15) is 4.79 Å².